The van der Waals surface area contributed by atoms with Gasteiger partial charge in [0.05, 0.1) is 16.9 Å². The molecule has 0 saturated carbocycles. The molecule has 2 amide bonds. The van der Waals surface area contributed by atoms with Crippen LogP contribution in [-0.4, -0.2) is 57.8 Å². The van der Waals surface area contributed by atoms with Crippen LogP contribution in [0.3, 0.4) is 0 Å². The molecule has 4 rings (SSSR count). The Kier molecular flexibility index (Phi) is 7.46. The van der Waals surface area contributed by atoms with Crippen LogP contribution in [-0.2, 0) is 4.79 Å². The number of piperazine rings is 1. The van der Waals surface area contributed by atoms with Gasteiger partial charge in [0.15, 0.2) is 5.13 Å². The topological polar surface area (TPSA) is 103 Å². The number of thiazole rings is 1. The van der Waals surface area contributed by atoms with Crippen LogP contribution < -0.4 is 15.5 Å². The number of rotatable bonds is 5. The minimum absolute atomic E-state index is 0.164. The Morgan fingerprint density at radius 3 is 2.47 bits per heavy atom. The van der Waals surface area contributed by atoms with E-state index in [2.05, 4.69) is 30.5 Å². The lowest BCUT2D eigenvalue weighted by molar-refractivity contribution is -0.139. The molecule has 36 heavy (non-hydrogen) atoms. The summed E-state index contributed by atoms with van der Waals surface area (Å²) < 4.78 is 0. The number of halogens is 1. The Bertz CT molecular complexity index is 1260. The van der Waals surface area contributed by atoms with Crippen LogP contribution in [0.5, 0.6) is 0 Å². The van der Waals surface area contributed by atoms with Gasteiger partial charge in [-0.3, -0.25) is 9.59 Å². The lowest BCUT2D eigenvalue weighted by atomic mass is 9.94. The Morgan fingerprint density at radius 2 is 1.81 bits per heavy atom. The van der Waals surface area contributed by atoms with Gasteiger partial charge < -0.3 is 20.4 Å². The molecule has 1 aliphatic rings. The number of para-hydroxylation sites is 1. The maximum Gasteiger partial charge on any atom is 0.267 e. The largest absolute Gasteiger partial charge is 0.353 e. The third kappa shape index (κ3) is 5.93. The van der Waals surface area contributed by atoms with Gasteiger partial charge in [0.2, 0.25) is 5.91 Å². The van der Waals surface area contributed by atoms with Crippen LogP contribution in [0.25, 0.3) is 0 Å². The Labute approximate surface area is 219 Å². The fourth-order valence-corrected chi connectivity index (χ4v) is 4.89. The third-order valence-corrected chi connectivity index (χ3v) is 7.01. The number of hydrogen-bond acceptors (Lipinski definition) is 8. The number of hydrogen-bond donors (Lipinski definition) is 2. The van der Waals surface area contributed by atoms with E-state index in [0.29, 0.717) is 58.5 Å². The maximum absolute atomic E-state index is 12.7. The molecular weight excluding hydrogens is 498 g/mol. The number of aromatic nitrogens is 3. The molecule has 0 unspecified atom stereocenters. The van der Waals surface area contributed by atoms with Crippen molar-refractivity contribution in [1.29, 1.82) is 0 Å². The van der Waals surface area contributed by atoms with E-state index in [1.165, 1.54) is 17.5 Å². The number of benzene rings is 1. The quantitative estimate of drug-likeness (QED) is 0.486. The third-order valence-electron chi connectivity index (χ3n) is 5.78. The van der Waals surface area contributed by atoms with Gasteiger partial charge in [-0.2, -0.15) is 0 Å². The SMILES string of the molecule is Cc1nc(Nc2ncc(C(=O)Nc3c(C)cccc3Cl)s2)cc(N2CCN(C(=O)C(C)(C)C)CC2)n1. The number of nitrogens with zero attached hydrogens (tertiary/aromatic N) is 5. The second-order valence-electron chi connectivity index (χ2n) is 9.73. The van der Waals surface area contributed by atoms with Crippen LogP contribution in [0.2, 0.25) is 5.02 Å². The zero-order chi connectivity index (χ0) is 26.0. The molecule has 190 valence electrons. The van der Waals surface area contributed by atoms with Gasteiger partial charge in [0.1, 0.15) is 22.3 Å². The highest BCUT2D eigenvalue weighted by Gasteiger charge is 2.30. The second kappa shape index (κ2) is 10.4. The summed E-state index contributed by atoms with van der Waals surface area (Å²) in [5, 5.41) is 7.08. The van der Waals surface area contributed by atoms with E-state index in [1.54, 1.807) is 6.07 Å². The van der Waals surface area contributed by atoms with Gasteiger partial charge in [0.25, 0.3) is 5.91 Å². The normalized spacial score (nSPS) is 14.1. The first-order valence-electron chi connectivity index (χ1n) is 11.7. The fourth-order valence-electron chi connectivity index (χ4n) is 3.90. The molecule has 11 heteroatoms. The van der Waals surface area contributed by atoms with E-state index in [0.717, 1.165) is 11.4 Å². The van der Waals surface area contributed by atoms with Crippen LogP contribution in [0.15, 0.2) is 30.5 Å². The molecule has 0 atom stereocenters. The van der Waals surface area contributed by atoms with Gasteiger partial charge in [-0.05, 0) is 25.5 Å². The molecular formula is C25H30ClN7O2S. The summed E-state index contributed by atoms with van der Waals surface area (Å²) in [5.74, 6) is 1.88. The summed E-state index contributed by atoms with van der Waals surface area (Å²) in [5.41, 5.74) is 1.08. The molecule has 0 aliphatic carbocycles. The molecule has 0 spiro atoms. The van der Waals surface area contributed by atoms with Gasteiger partial charge in [-0.25, -0.2) is 15.0 Å². The van der Waals surface area contributed by atoms with Crippen LogP contribution in [0, 0.1) is 19.3 Å². The second-order valence-corrected chi connectivity index (χ2v) is 11.2. The van der Waals surface area contributed by atoms with E-state index in [4.69, 9.17) is 11.6 Å². The van der Waals surface area contributed by atoms with Crippen molar-refractivity contribution in [3.8, 4) is 0 Å². The van der Waals surface area contributed by atoms with Crippen LogP contribution in [0.4, 0.5) is 22.5 Å². The Balaban J connectivity index is 1.42. The minimum atomic E-state index is -0.388. The van der Waals surface area contributed by atoms with E-state index < -0.39 is 0 Å². The number of nitrogens with one attached hydrogen (secondary N) is 2. The molecule has 1 saturated heterocycles. The average molecular weight is 528 g/mol. The summed E-state index contributed by atoms with van der Waals surface area (Å²) in [6, 6.07) is 7.33. The summed E-state index contributed by atoms with van der Waals surface area (Å²) in [7, 11) is 0. The fraction of sp³-hybridized carbons (Fsp3) is 0.400. The number of carbonyl (C=O) groups is 2. The molecule has 2 N–H and O–H groups in total. The van der Waals surface area contributed by atoms with Crippen molar-refractivity contribution in [2.24, 2.45) is 5.41 Å². The lowest BCUT2D eigenvalue weighted by Gasteiger charge is -2.38. The number of anilines is 4. The smallest absolute Gasteiger partial charge is 0.267 e. The molecule has 3 heterocycles. The average Bonchev–Trinajstić information content (AvgIpc) is 3.28. The highest BCUT2D eigenvalue weighted by molar-refractivity contribution is 7.17. The van der Waals surface area contributed by atoms with E-state index in [-0.39, 0.29) is 17.2 Å². The molecule has 0 radical (unpaired) electrons. The van der Waals surface area contributed by atoms with Crippen molar-refractivity contribution >= 4 is 57.2 Å². The molecule has 1 fully saturated rings. The summed E-state index contributed by atoms with van der Waals surface area (Å²) >= 11 is 7.46. The lowest BCUT2D eigenvalue weighted by Crippen LogP contribution is -2.51. The molecule has 3 aromatic rings. The summed E-state index contributed by atoms with van der Waals surface area (Å²) in [4.78, 5) is 43.3. The van der Waals surface area contributed by atoms with Gasteiger partial charge in [-0.15, -0.1) is 0 Å². The Hall–Kier alpha value is -3.24. The van der Waals surface area contributed by atoms with E-state index >= 15 is 0 Å². The standard InChI is InChI=1S/C25H30ClN7O2S/c1-15-7-6-8-17(26)21(15)31-22(34)18-14-27-24(36-18)30-19-13-20(29-16(2)28-19)32-9-11-33(12-10-32)23(35)25(3,4)5/h6-8,13-14H,9-12H2,1-5H3,(H,31,34)(H,27,28,29,30). The predicted octanol–water partition coefficient (Wildman–Crippen LogP) is 4.89. The number of aryl methyl sites for hydroxylation is 2. The monoisotopic (exact) mass is 527 g/mol. The first-order valence-corrected chi connectivity index (χ1v) is 12.9. The first kappa shape index (κ1) is 25.8. The van der Waals surface area contributed by atoms with Gasteiger partial charge in [-0.1, -0.05) is 55.8 Å². The van der Waals surface area contributed by atoms with E-state index in [9.17, 15) is 9.59 Å². The van der Waals surface area contributed by atoms with Crippen LogP contribution >= 0.6 is 22.9 Å². The van der Waals surface area contributed by atoms with Crippen molar-refractivity contribution in [1.82, 2.24) is 19.9 Å². The Morgan fingerprint density at radius 1 is 1.08 bits per heavy atom. The molecule has 9 nitrogen and oxygen atoms in total. The highest BCUT2D eigenvalue weighted by Crippen LogP contribution is 2.28. The number of carbonyl (C=O) groups excluding carboxylic acids is 2. The predicted molar refractivity (Wildman–Crippen MR) is 145 cm³/mol. The van der Waals surface area contributed by atoms with Crippen molar-refractivity contribution in [3.05, 3.63) is 51.7 Å². The highest BCUT2D eigenvalue weighted by atomic mass is 35.5. The zero-order valence-electron chi connectivity index (χ0n) is 21.1. The molecule has 2 aromatic heterocycles. The van der Waals surface area contributed by atoms with Crippen LogP contribution in [0.1, 0.15) is 41.8 Å². The molecule has 1 aromatic carbocycles. The number of amides is 2. The molecule has 1 aliphatic heterocycles. The zero-order valence-corrected chi connectivity index (χ0v) is 22.6. The van der Waals surface area contributed by atoms with Crippen molar-refractivity contribution in [2.75, 3.05) is 41.7 Å². The summed E-state index contributed by atoms with van der Waals surface area (Å²) in [6.07, 6.45) is 1.52. The van der Waals surface area contributed by atoms with E-state index in [1.807, 2.05) is 57.7 Å². The van der Waals surface area contributed by atoms with Gasteiger partial charge >= 0.3 is 0 Å². The first-order chi connectivity index (χ1) is 17.0. The van der Waals surface area contributed by atoms with Crippen molar-refractivity contribution in [2.45, 2.75) is 34.6 Å². The van der Waals surface area contributed by atoms with Crippen molar-refractivity contribution < 1.29 is 9.59 Å². The van der Waals surface area contributed by atoms with Crippen molar-refractivity contribution in [3.63, 3.8) is 0 Å². The van der Waals surface area contributed by atoms with Gasteiger partial charge in [0, 0.05) is 37.7 Å². The maximum atomic E-state index is 12.7. The summed E-state index contributed by atoms with van der Waals surface area (Å²) in [6.45, 7) is 12.2. The minimum Gasteiger partial charge on any atom is -0.353 e. The molecule has 0 bridgehead atoms.